The fraction of sp³-hybridized carbons (Fsp3) is 0.400. The highest BCUT2D eigenvalue weighted by Crippen LogP contribution is 2.36. The number of fused-ring (bicyclic) bond motifs is 1. The molecule has 1 aromatic heterocycles. The highest BCUT2D eigenvalue weighted by molar-refractivity contribution is 7.18. The third-order valence-corrected chi connectivity index (χ3v) is 7.90. The number of thiazole rings is 1. The minimum atomic E-state index is 0.0336. The zero-order chi connectivity index (χ0) is 22.8. The summed E-state index contributed by atoms with van der Waals surface area (Å²) in [6.07, 6.45) is 2.44. The van der Waals surface area contributed by atoms with E-state index in [9.17, 15) is 9.59 Å². The molecule has 2 aromatic carbocycles. The highest BCUT2D eigenvalue weighted by atomic mass is 35.5. The Hall–Kier alpha value is -2.64. The van der Waals surface area contributed by atoms with Gasteiger partial charge in [0.1, 0.15) is 5.01 Å². The van der Waals surface area contributed by atoms with Crippen LogP contribution in [0.1, 0.15) is 36.7 Å². The first-order valence-electron chi connectivity index (χ1n) is 11.5. The zero-order valence-corrected chi connectivity index (χ0v) is 20.0. The van der Waals surface area contributed by atoms with E-state index in [1.807, 2.05) is 52.3 Å². The number of para-hydroxylation sites is 1. The van der Waals surface area contributed by atoms with Crippen LogP contribution in [0.3, 0.4) is 0 Å². The first kappa shape index (κ1) is 22.2. The summed E-state index contributed by atoms with van der Waals surface area (Å²) >= 11 is 7.78. The van der Waals surface area contributed by atoms with Gasteiger partial charge in [0, 0.05) is 56.3 Å². The highest BCUT2D eigenvalue weighted by Gasteiger charge is 2.32. The number of piperazine rings is 1. The van der Waals surface area contributed by atoms with Gasteiger partial charge in [0.15, 0.2) is 0 Å². The van der Waals surface area contributed by atoms with Crippen LogP contribution in [0, 0.1) is 0 Å². The first-order valence-corrected chi connectivity index (χ1v) is 12.7. The smallest absolute Gasteiger partial charge is 0.223 e. The molecule has 0 aliphatic carbocycles. The van der Waals surface area contributed by atoms with Crippen molar-refractivity contribution in [3.8, 4) is 0 Å². The molecular weight excluding hydrogens is 456 g/mol. The van der Waals surface area contributed by atoms with E-state index in [1.54, 1.807) is 11.3 Å². The Morgan fingerprint density at radius 1 is 0.970 bits per heavy atom. The lowest BCUT2D eigenvalue weighted by molar-refractivity contribution is -0.137. The summed E-state index contributed by atoms with van der Waals surface area (Å²) in [5.41, 5.74) is 2.07. The molecule has 3 aromatic rings. The molecule has 33 heavy (non-hydrogen) atoms. The number of likely N-dealkylation sites (tertiary alicyclic amines) is 1. The monoisotopic (exact) mass is 482 g/mol. The summed E-state index contributed by atoms with van der Waals surface area (Å²) in [5, 5.41) is 1.72. The van der Waals surface area contributed by atoms with Gasteiger partial charge in [-0.25, -0.2) is 4.98 Å². The van der Waals surface area contributed by atoms with Crippen LogP contribution in [-0.4, -0.2) is 59.3 Å². The molecule has 3 heterocycles. The number of nitrogens with zero attached hydrogens (tertiary/aromatic N) is 4. The van der Waals surface area contributed by atoms with Crippen molar-refractivity contribution in [3.05, 3.63) is 58.6 Å². The average Bonchev–Trinajstić information content (AvgIpc) is 3.49. The topological polar surface area (TPSA) is 56.8 Å². The van der Waals surface area contributed by atoms with Crippen LogP contribution >= 0.6 is 22.9 Å². The Morgan fingerprint density at radius 3 is 2.55 bits per heavy atom. The van der Waals surface area contributed by atoms with E-state index < -0.39 is 0 Å². The second-order valence-corrected chi connectivity index (χ2v) is 10.1. The minimum absolute atomic E-state index is 0.0336. The van der Waals surface area contributed by atoms with E-state index in [0.717, 1.165) is 58.4 Å². The van der Waals surface area contributed by atoms with Crippen LogP contribution in [0.25, 0.3) is 10.2 Å². The summed E-state index contributed by atoms with van der Waals surface area (Å²) in [4.78, 5) is 36.6. The molecule has 8 heteroatoms. The van der Waals surface area contributed by atoms with Gasteiger partial charge in [0.2, 0.25) is 11.8 Å². The molecule has 0 saturated carbocycles. The van der Waals surface area contributed by atoms with Gasteiger partial charge >= 0.3 is 0 Å². The van der Waals surface area contributed by atoms with Gasteiger partial charge in [0.25, 0.3) is 0 Å². The van der Waals surface area contributed by atoms with Gasteiger partial charge < -0.3 is 14.7 Å². The van der Waals surface area contributed by atoms with Crippen LogP contribution in [0.2, 0.25) is 5.02 Å². The number of rotatable bonds is 5. The van der Waals surface area contributed by atoms with Gasteiger partial charge in [-0.2, -0.15) is 0 Å². The Labute approximate surface area is 202 Å². The molecule has 2 aliphatic heterocycles. The first-order chi connectivity index (χ1) is 16.1. The molecule has 172 valence electrons. The predicted molar refractivity (Wildman–Crippen MR) is 133 cm³/mol. The van der Waals surface area contributed by atoms with Crippen molar-refractivity contribution >= 4 is 50.7 Å². The van der Waals surface area contributed by atoms with Gasteiger partial charge in [-0.1, -0.05) is 29.8 Å². The maximum absolute atomic E-state index is 13.0. The summed E-state index contributed by atoms with van der Waals surface area (Å²) in [5.74, 6) is 0.118. The van der Waals surface area contributed by atoms with Crippen molar-refractivity contribution in [2.75, 3.05) is 37.6 Å². The Kier molecular flexibility index (Phi) is 6.51. The number of benzene rings is 2. The summed E-state index contributed by atoms with van der Waals surface area (Å²) in [6, 6.07) is 15.9. The van der Waals surface area contributed by atoms with E-state index in [2.05, 4.69) is 11.0 Å². The van der Waals surface area contributed by atoms with Crippen LogP contribution in [-0.2, 0) is 9.59 Å². The Bertz CT molecular complexity index is 1130. The zero-order valence-electron chi connectivity index (χ0n) is 18.5. The number of hydrogen-bond acceptors (Lipinski definition) is 5. The van der Waals surface area contributed by atoms with Crippen molar-refractivity contribution in [1.29, 1.82) is 0 Å². The van der Waals surface area contributed by atoms with E-state index in [0.29, 0.717) is 13.1 Å². The molecule has 2 aliphatic rings. The molecule has 0 bridgehead atoms. The molecule has 6 nitrogen and oxygen atoms in total. The molecule has 2 saturated heterocycles. The molecule has 1 atom stereocenters. The second-order valence-electron chi connectivity index (χ2n) is 8.61. The van der Waals surface area contributed by atoms with Crippen LogP contribution in [0.5, 0.6) is 0 Å². The number of amides is 2. The molecule has 0 spiro atoms. The fourth-order valence-electron chi connectivity index (χ4n) is 4.76. The van der Waals surface area contributed by atoms with E-state index in [1.165, 1.54) is 0 Å². The number of hydrogen-bond donors (Lipinski definition) is 0. The number of halogens is 1. The molecule has 2 amide bonds. The van der Waals surface area contributed by atoms with Crippen molar-refractivity contribution in [2.24, 2.45) is 0 Å². The van der Waals surface area contributed by atoms with E-state index in [4.69, 9.17) is 16.6 Å². The molecule has 0 N–H and O–H groups in total. The number of anilines is 1. The summed E-state index contributed by atoms with van der Waals surface area (Å²) < 4.78 is 1.15. The van der Waals surface area contributed by atoms with E-state index in [-0.39, 0.29) is 30.7 Å². The summed E-state index contributed by atoms with van der Waals surface area (Å²) in [7, 11) is 0. The molecule has 0 radical (unpaired) electrons. The average molecular weight is 483 g/mol. The minimum Gasteiger partial charge on any atom is -0.368 e. The van der Waals surface area contributed by atoms with Crippen molar-refractivity contribution < 1.29 is 9.59 Å². The lowest BCUT2D eigenvalue weighted by Crippen LogP contribution is -2.49. The largest absolute Gasteiger partial charge is 0.368 e. The van der Waals surface area contributed by atoms with Crippen molar-refractivity contribution in [3.63, 3.8) is 0 Å². The molecule has 2 fully saturated rings. The van der Waals surface area contributed by atoms with Crippen molar-refractivity contribution in [2.45, 2.75) is 31.7 Å². The van der Waals surface area contributed by atoms with Crippen molar-refractivity contribution in [1.82, 2.24) is 14.8 Å². The molecule has 5 rings (SSSR count). The van der Waals surface area contributed by atoms with Gasteiger partial charge in [-0.15, -0.1) is 11.3 Å². The van der Waals surface area contributed by atoms with Gasteiger partial charge in [-0.3, -0.25) is 9.59 Å². The SMILES string of the molecule is O=C(CCC(=O)N1CCCC1c1nc2ccccc2s1)N1CCN(c2cccc(Cl)c2)CC1. The van der Waals surface area contributed by atoms with Crippen LogP contribution in [0.15, 0.2) is 48.5 Å². The van der Waals surface area contributed by atoms with Gasteiger partial charge in [-0.05, 0) is 43.2 Å². The third kappa shape index (κ3) is 4.84. The third-order valence-electron chi connectivity index (χ3n) is 6.53. The van der Waals surface area contributed by atoms with Crippen LogP contribution in [0.4, 0.5) is 5.69 Å². The fourth-order valence-corrected chi connectivity index (χ4v) is 6.06. The lowest BCUT2D eigenvalue weighted by Gasteiger charge is -2.36. The van der Waals surface area contributed by atoms with Gasteiger partial charge in [0.05, 0.1) is 16.3 Å². The van der Waals surface area contributed by atoms with E-state index >= 15 is 0 Å². The van der Waals surface area contributed by atoms with Crippen LogP contribution < -0.4 is 4.90 Å². The Morgan fingerprint density at radius 2 is 1.76 bits per heavy atom. The number of aromatic nitrogens is 1. The quantitative estimate of drug-likeness (QED) is 0.527. The molecular formula is C25H27ClN4O2S. The maximum Gasteiger partial charge on any atom is 0.223 e. The summed E-state index contributed by atoms with van der Waals surface area (Å²) in [6.45, 7) is 3.61. The number of carbonyl (C=O) groups is 2. The number of carbonyl (C=O) groups excluding carboxylic acids is 2. The molecule has 1 unspecified atom stereocenters. The normalized spacial score (nSPS) is 18.8. The second kappa shape index (κ2) is 9.69. The maximum atomic E-state index is 13.0. The lowest BCUT2D eigenvalue weighted by atomic mass is 10.2. The standard InChI is InChI=1S/C25H27ClN4O2S/c26-18-5-3-6-19(17-18)28-13-15-29(16-14-28)23(31)10-11-24(32)30-12-4-8-21(30)25-27-20-7-1-2-9-22(20)33-25/h1-3,5-7,9,17,21H,4,8,10-16H2. The Balaban J connectivity index is 1.14. The predicted octanol–water partition coefficient (Wildman–Crippen LogP) is 4.74.